The van der Waals surface area contributed by atoms with Crippen LogP contribution in [-0.4, -0.2) is 23.5 Å². The van der Waals surface area contributed by atoms with E-state index in [1.54, 1.807) is 0 Å². The minimum absolute atomic E-state index is 0.0332. The molecule has 0 bridgehead atoms. The van der Waals surface area contributed by atoms with Crippen molar-refractivity contribution in [3.63, 3.8) is 0 Å². The van der Waals surface area contributed by atoms with Crippen molar-refractivity contribution in [2.24, 2.45) is 5.92 Å². The number of nitrogens with zero attached hydrogens (tertiary/aromatic N) is 1. The number of nitrogens with one attached hydrogen (secondary N) is 1. The topological polar surface area (TPSA) is 15.3 Å². The smallest absolute Gasteiger partial charge is 0.0561 e. The maximum Gasteiger partial charge on any atom is 0.0561 e. The maximum atomic E-state index is 3.92. The van der Waals surface area contributed by atoms with Gasteiger partial charge in [0.1, 0.15) is 0 Å². The van der Waals surface area contributed by atoms with Crippen molar-refractivity contribution < 1.29 is 0 Å². The van der Waals surface area contributed by atoms with Crippen LogP contribution in [0.25, 0.3) is 0 Å². The quantitative estimate of drug-likeness (QED) is 0.909. The zero-order valence-corrected chi connectivity index (χ0v) is 14.8. The fourth-order valence-electron chi connectivity index (χ4n) is 4.22. The molecule has 0 radical (unpaired) electrons. The molecule has 1 saturated carbocycles. The first-order valence-corrected chi connectivity index (χ1v) is 9.20. The van der Waals surface area contributed by atoms with E-state index in [-0.39, 0.29) is 11.1 Å². The predicted molar refractivity (Wildman–Crippen MR) is 99.8 cm³/mol. The van der Waals surface area contributed by atoms with Crippen molar-refractivity contribution in [2.45, 2.75) is 44.3 Å². The van der Waals surface area contributed by atoms with Crippen LogP contribution in [0, 0.1) is 5.92 Å². The Labute approximate surface area is 145 Å². The van der Waals surface area contributed by atoms with Gasteiger partial charge < -0.3 is 5.32 Å². The summed E-state index contributed by atoms with van der Waals surface area (Å²) in [6.07, 6.45) is 2.76. The van der Waals surface area contributed by atoms with Crippen molar-refractivity contribution in [3.05, 3.63) is 71.8 Å². The van der Waals surface area contributed by atoms with Gasteiger partial charge in [-0.25, -0.2) is 0 Å². The van der Waals surface area contributed by atoms with Crippen molar-refractivity contribution in [1.29, 1.82) is 0 Å². The van der Waals surface area contributed by atoms with Crippen LogP contribution >= 0.6 is 0 Å². The van der Waals surface area contributed by atoms with E-state index in [2.05, 4.69) is 84.7 Å². The molecule has 1 heterocycles. The molecule has 0 amide bonds. The van der Waals surface area contributed by atoms with E-state index in [0.29, 0.717) is 0 Å². The maximum absolute atomic E-state index is 3.92. The average Bonchev–Trinajstić information content (AvgIpc) is 3.46. The molecule has 1 aliphatic heterocycles. The van der Waals surface area contributed by atoms with Crippen molar-refractivity contribution in [1.82, 2.24) is 10.2 Å². The largest absolute Gasteiger partial charge is 0.308 e. The summed E-state index contributed by atoms with van der Waals surface area (Å²) in [5.41, 5.74) is 3.10. The van der Waals surface area contributed by atoms with E-state index >= 15 is 0 Å². The Kier molecular flexibility index (Phi) is 3.98. The van der Waals surface area contributed by atoms with Gasteiger partial charge in [-0.05, 0) is 43.7 Å². The van der Waals surface area contributed by atoms with Gasteiger partial charge in [-0.3, -0.25) is 4.90 Å². The Morgan fingerprint density at radius 3 is 2.21 bits per heavy atom. The summed E-state index contributed by atoms with van der Waals surface area (Å²) in [7, 11) is 0. The molecule has 126 valence electrons. The van der Waals surface area contributed by atoms with Gasteiger partial charge in [0.05, 0.1) is 5.54 Å². The summed E-state index contributed by atoms with van der Waals surface area (Å²) >= 11 is 0. The summed E-state index contributed by atoms with van der Waals surface area (Å²) in [4.78, 5) is 2.70. The summed E-state index contributed by atoms with van der Waals surface area (Å²) in [6.45, 7) is 7.95. The molecule has 2 atom stereocenters. The Morgan fingerprint density at radius 2 is 1.58 bits per heavy atom. The van der Waals surface area contributed by atoms with Gasteiger partial charge >= 0.3 is 0 Å². The lowest BCUT2D eigenvalue weighted by Gasteiger charge is -2.53. The molecule has 4 rings (SSSR count). The van der Waals surface area contributed by atoms with Crippen LogP contribution in [-0.2, 0) is 12.1 Å². The lowest BCUT2D eigenvalue weighted by molar-refractivity contribution is 0.00357. The van der Waals surface area contributed by atoms with Gasteiger partial charge in [-0.1, -0.05) is 60.7 Å². The summed E-state index contributed by atoms with van der Waals surface area (Å²) in [5, 5.41) is 3.92. The van der Waals surface area contributed by atoms with Crippen LogP contribution in [0.5, 0.6) is 0 Å². The molecule has 1 N–H and O–H groups in total. The molecule has 2 aliphatic rings. The Hall–Kier alpha value is -1.64. The SMILES string of the molecule is CC1(C2CC2)CN(Cc2ccccc2)C(C)(c2ccccc2)CN1. The van der Waals surface area contributed by atoms with E-state index in [0.717, 1.165) is 25.6 Å². The number of hydrogen-bond acceptors (Lipinski definition) is 2. The van der Waals surface area contributed by atoms with E-state index in [1.807, 2.05) is 0 Å². The van der Waals surface area contributed by atoms with E-state index in [4.69, 9.17) is 0 Å². The highest BCUT2D eigenvalue weighted by atomic mass is 15.3. The Balaban J connectivity index is 1.66. The normalized spacial score (nSPS) is 31.1. The van der Waals surface area contributed by atoms with Crippen LogP contribution < -0.4 is 5.32 Å². The average molecular weight is 320 g/mol. The van der Waals surface area contributed by atoms with Crippen LogP contribution in [0.4, 0.5) is 0 Å². The molecule has 2 nitrogen and oxygen atoms in total. The fourth-order valence-corrected chi connectivity index (χ4v) is 4.22. The minimum atomic E-state index is 0.0332. The molecule has 2 fully saturated rings. The first-order valence-electron chi connectivity index (χ1n) is 9.20. The Morgan fingerprint density at radius 1 is 0.958 bits per heavy atom. The zero-order valence-electron chi connectivity index (χ0n) is 14.8. The number of benzene rings is 2. The molecule has 2 aromatic rings. The van der Waals surface area contributed by atoms with Gasteiger partial charge in [0, 0.05) is 25.2 Å². The number of hydrogen-bond donors (Lipinski definition) is 1. The third kappa shape index (κ3) is 2.89. The monoisotopic (exact) mass is 320 g/mol. The van der Waals surface area contributed by atoms with Crippen LogP contribution in [0.1, 0.15) is 37.8 Å². The van der Waals surface area contributed by atoms with Crippen molar-refractivity contribution >= 4 is 0 Å². The molecule has 2 heteroatoms. The number of piperazine rings is 1. The lowest BCUT2D eigenvalue weighted by atomic mass is 9.81. The Bertz CT molecular complexity index is 680. The highest BCUT2D eigenvalue weighted by molar-refractivity contribution is 5.27. The molecule has 1 aliphatic carbocycles. The zero-order chi connectivity index (χ0) is 16.6. The van der Waals surface area contributed by atoms with Gasteiger partial charge in [0.25, 0.3) is 0 Å². The fraction of sp³-hybridized carbons (Fsp3) is 0.455. The molecule has 0 aromatic heterocycles. The van der Waals surface area contributed by atoms with Gasteiger partial charge in [-0.15, -0.1) is 0 Å². The van der Waals surface area contributed by atoms with E-state index in [1.165, 1.54) is 24.0 Å². The highest BCUT2D eigenvalue weighted by Gasteiger charge is 2.49. The molecule has 2 unspecified atom stereocenters. The first kappa shape index (κ1) is 15.9. The van der Waals surface area contributed by atoms with E-state index in [9.17, 15) is 0 Å². The molecule has 24 heavy (non-hydrogen) atoms. The van der Waals surface area contributed by atoms with Crippen molar-refractivity contribution in [2.75, 3.05) is 13.1 Å². The third-order valence-electron chi connectivity index (χ3n) is 6.14. The van der Waals surface area contributed by atoms with Crippen LogP contribution in [0.2, 0.25) is 0 Å². The van der Waals surface area contributed by atoms with Crippen LogP contribution in [0.3, 0.4) is 0 Å². The summed E-state index contributed by atoms with van der Waals surface area (Å²) in [5.74, 6) is 0.844. The van der Waals surface area contributed by atoms with Gasteiger partial charge in [-0.2, -0.15) is 0 Å². The van der Waals surface area contributed by atoms with Crippen molar-refractivity contribution in [3.8, 4) is 0 Å². The molecular weight excluding hydrogens is 292 g/mol. The third-order valence-corrected chi connectivity index (χ3v) is 6.14. The predicted octanol–water partition coefficient (Wildman–Crippen LogP) is 4.18. The minimum Gasteiger partial charge on any atom is -0.308 e. The molecule has 1 saturated heterocycles. The first-order chi connectivity index (χ1) is 11.6. The molecule has 2 aromatic carbocycles. The lowest BCUT2D eigenvalue weighted by Crippen LogP contribution is -2.67. The second-order valence-electron chi connectivity index (χ2n) is 8.03. The summed E-state index contributed by atoms with van der Waals surface area (Å²) in [6, 6.07) is 21.9. The highest BCUT2D eigenvalue weighted by Crippen LogP contribution is 2.44. The summed E-state index contributed by atoms with van der Waals surface area (Å²) < 4.78 is 0. The second-order valence-corrected chi connectivity index (χ2v) is 8.03. The molecule has 0 spiro atoms. The second kappa shape index (κ2) is 6.02. The van der Waals surface area contributed by atoms with Gasteiger partial charge in [0.15, 0.2) is 0 Å². The van der Waals surface area contributed by atoms with Crippen LogP contribution in [0.15, 0.2) is 60.7 Å². The van der Waals surface area contributed by atoms with Gasteiger partial charge in [0.2, 0.25) is 0 Å². The standard InChI is InChI=1S/C22H28N2/c1-21(19-13-14-19)17-24(15-18-9-5-3-6-10-18)22(2,16-23-21)20-11-7-4-8-12-20/h3-12,19,23H,13-17H2,1-2H3. The molecular formula is C22H28N2. The number of rotatable bonds is 4. The van der Waals surface area contributed by atoms with E-state index < -0.39 is 0 Å².